The van der Waals surface area contributed by atoms with Crippen LogP contribution in [0.1, 0.15) is 28.4 Å². The minimum Gasteiger partial charge on any atom is -0.497 e. The van der Waals surface area contributed by atoms with Crippen LogP contribution in [-0.2, 0) is 17.4 Å². The molecule has 0 radical (unpaired) electrons. The van der Waals surface area contributed by atoms with E-state index in [2.05, 4.69) is 15.1 Å². The Hall–Kier alpha value is -6.22. The number of hydrogen-bond donors (Lipinski definition) is 0. The summed E-state index contributed by atoms with van der Waals surface area (Å²) in [5, 5.41) is 8.78. The summed E-state index contributed by atoms with van der Waals surface area (Å²) in [4.78, 5) is 3.31. The molecule has 0 saturated carbocycles. The molecule has 6 aromatic rings. The van der Waals surface area contributed by atoms with Gasteiger partial charge in [0, 0.05) is 23.7 Å². The third-order valence-electron chi connectivity index (χ3n) is 8.60. The minimum atomic E-state index is -1.07. The Bertz CT molecular complexity index is 1900. The highest BCUT2D eigenvalue weighted by atomic mass is 16.5. The van der Waals surface area contributed by atoms with Crippen molar-refractivity contribution in [2.45, 2.75) is 23.9 Å². The number of hydrogen-bond acceptors (Lipinski definition) is 7. The van der Waals surface area contributed by atoms with Gasteiger partial charge in [0.25, 0.3) is 0 Å². The van der Waals surface area contributed by atoms with E-state index < -0.39 is 23.9 Å². The molecule has 0 saturated heterocycles. The molecule has 51 heavy (non-hydrogen) atoms. The van der Waals surface area contributed by atoms with Gasteiger partial charge in [-0.3, -0.25) is 4.68 Å². The van der Waals surface area contributed by atoms with E-state index in [4.69, 9.17) is 23.7 Å². The first-order valence-electron chi connectivity index (χ1n) is 16.5. The van der Waals surface area contributed by atoms with E-state index >= 15 is 0 Å². The van der Waals surface area contributed by atoms with E-state index in [9.17, 15) is 5.53 Å². The number of aromatic nitrogens is 2. The molecule has 0 spiro atoms. The smallest absolute Gasteiger partial charge is 0.164 e. The average Bonchev–Trinajstić information content (AvgIpc) is 3.63. The quantitative estimate of drug-likeness (QED) is 0.0437. The molecule has 10 heteroatoms. The van der Waals surface area contributed by atoms with E-state index in [0.29, 0.717) is 28.6 Å². The van der Waals surface area contributed by atoms with Crippen LogP contribution in [-0.4, -0.2) is 42.8 Å². The minimum absolute atomic E-state index is 0.0493. The van der Waals surface area contributed by atoms with Crippen molar-refractivity contribution in [1.29, 1.82) is 0 Å². The lowest BCUT2D eigenvalue weighted by Gasteiger charge is -2.38. The van der Waals surface area contributed by atoms with E-state index in [0.717, 1.165) is 16.7 Å². The van der Waals surface area contributed by atoms with Gasteiger partial charge in [0.2, 0.25) is 0 Å². The van der Waals surface area contributed by atoms with Gasteiger partial charge in [0.1, 0.15) is 34.6 Å². The normalized spacial score (nSPS) is 12.9. The van der Waals surface area contributed by atoms with Crippen LogP contribution >= 0.6 is 0 Å². The molecule has 0 aliphatic carbocycles. The lowest BCUT2D eigenvalue weighted by atomic mass is 9.80. The largest absolute Gasteiger partial charge is 0.497 e. The van der Waals surface area contributed by atoms with E-state index in [-0.39, 0.29) is 6.61 Å². The highest BCUT2D eigenvalue weighted by molar-refractivity contribution is 5.47. The zero-order chi connectivity index (χ0) is 35.5. The van der Waals surface area contributed by atoms with Crippen molar-refractivity contribution in [1.82, 2.24) is 9.78 Å². The Labute approximate surface area is 297 Å². The summed E-state index contributed by atoms with van der Waals surface area (Å²) in [5.74, 6) is 2.43. The van der Waals surface area contributed by atoms with E-state index in [1.165, 1.54) is 0 Å². The Balaban J connectivity index is 1.47. The molecular weight excluding hydrogens is 642 g/mol. The monoisotopic (exact) mass is 681 g/mol. The number of benzene rings is 5. The molecule has 0 unspecified atom stereocenters. The fourth-order valence-electron chi connectivity index (χ4n) is 6.11. The van der Waals surface area contributed by atoms with E-state index in [1.807, 2.05) is 129 Å². The molecule has 6 rings (SSSR count). The van der Waals surface area contributed by atoms with Gasteiger partial charge < -0.3 is 23.7 Å². The summed E-state index contributed by atoms with van der Waals surface area (Å²) >= 11 is 0. The number of rotatable bonds is 16. The lowest BCUT2D eigenvalue weighted by molar-refractivity contribution is -0.0343. The molecule has 5 aromatic carbocycles. The standard InChI is InChI=1S/C41H39N5O5/c1-46-28-30(27-43-46)39(50-36-23-19-34(47-2)20-24-36)40(51-37-25-21-35(48-3)22-26-37)38(44-45-42)29-49-41(31-13-7-4-8-14-31,32-15-9-5-10-16-32)33-17-11-6-12-18-33/h4-28,38-40H,29H2,1-3H3/t38-,39-,40-/m1/s1. The van der Waals surface area contributed by atoms with Gasteiger partial charge in [-0.25, -0.2) is 0 Å². The van der Waals surface area contributed by atoms with E-state index in [1.54, 1.807) is 49.4 Å². The maximum atomic E-state index is 10.1. The second-order valence-electron chi connectivity index (χ2n) is 11.8. The topological polar surface area (TPSA) is 113 Å². The van der Waals surface area contributed by atoms with Gasteiger partial charge >= 0.3 is 0 Å². The summed E-state index contributed by atoms with van der Waals surface area (Å²) in [6, 6.07) is 43.7. The Kier molecular flexibility index (Phi) is 11.2. The van der Waals surface area contributed by atoms with Gasteiger partial charge in [-0.05, 0) is 70.8 Å². The summed E-state index contributed by atoms with van der Waals surface area (Å²) in [6.45, 7) is -0.0493. The molecule has 1 heterocycles. The Morgan fingerprint density at radius 2 is 1.12 bits per heavy atom. The SMILES string of the molecule is COc1ccc(O[C@@H]([C@H](Oc2ccc(OC)cc2)c2cnn(C)c2)[C@@H](COC(c2ccccc2)(c2ccccc2)c2ccccc2)N=[N+]=[N-])cc1. The maximum Gasteiger partial charge on any atom is 0.164 e. The van der Waals surface area contributed by atoms with Crippen LogP contribution in [0.2, 0.25) is 0 Å². The van der Waals surface area contributed by atoms with Crippen LogP contribution < -0.4 is 18.9 Å². The zero-order valence-corrected chi connectivity index (χ0v) is 28.7. The molecular formula is C41H39N5O5. The molecule has 0 aliphatic heterocycles. The number of azide groups is 1. The fraction of sp³-hybridized carbons (Fsp3) is 0.195. The van der Waals surface area contributed by atoms with Crippen molar-refractivity contribution in [2.24, 2.45) is 12.2 Å². The summed E-state index contributed by atoms with van der Waals surface area (Å²) in [5.41, 5.74) is 12.4. The van der Waals surface area contributed by atoms with Crippen LogP contribution in [0.5, 0.6) is 23.0 Å². The van der Waals surface area contributed by atoms with Crippen molar-refractivity contribution >= 4 is 0 Å². The number of nitrogens with zero attached hydrogens (tertiary/aromatic N) is 5. The third kappa shape index (κ3) is 7.99. The predicted molar refractivity (Wildman–Crippen MR) is 195 cm³/mol. The average molecular weight is 682 g/mol. The second kappa shape index (κ2) is 16.5. The van der Waals surface area contributed by atoms with Crippen molar-refractivity contribution in [3.8, 4) is 23.0 Å². The molecule has 3 atom stereocenters. The number of aryl methyl sites for hydroxylation is 1. The maximum absolute atomic E-state index is 10.1. The predicted octanol–water partition coefficient (Wildman–Crippen LogP) is 8.69. The highest BCUT2D eigenvalue weighted by Crippen LogP contribution is 2.41. The molecule has 0 N–H and O–H groups in total. The molecule has 10 nitrogen and oxygen atoms in total. The van der Waals surface area contributed by atoms with Crippen LogP contribution in [0.25, 0.3) is 10.4 Å². The van der Waals surface area contributed by atoms with Crippen molar-refractivity contribution in [3.63, 3.8) is 0 Å². The second-order valence-corrected chi connectivity index (χ2v) is 11.8. The van der Waals surface area contributed by atoms with Crippen LogP contribution in [0.15, 0.2) is 157 Å². The molecule has 0 bridgehead atoms. The van der Waals surface area contributed by atoms with Gasteiger partial charge in [-0.1, -0.05) is 96.1 Å². The van der Waals surface area contributed by atoms with Crippen molar-refractivity contribution in [3.05, 3.63) is 185 Å². The van der Waals surface area contributed by atoms with Crippen LogP contribution in [0.4, 0.5) is 0 Å². The van der Waals surface area contributed by atoms with Crippen LogP contribution in [0, 0.1) is 0 Å². The van der Waals surface area contributed by atoms with Gasteiger partial charge in [-0.15, -0.1) is 0 Å². The Morgan fingerprint density at radius 1 is 0.667 bits per heavy atom. The number of methoxy groups -OCH3 is 2. The molecule has 258 valence electrons. The highest BCUT2D eigenvalue weighted by Gasteiger charge is 2.41. The first-order chi connectivity index (χ1) is 25.0. The lowest BCUT2D eigenvalue weighted by Crippen LogP contribution is -2.44. The first-order valence-corrected chi connectivity index (χ1v) is 16.5. The third-order valence-corrected chi connectivity index (χ3v) is 8.60. The summed E-state index contributed by atoms with van der Waals surface area (Å²) < 4.78 is 33.1. The molecule has 0 amide bonds. The summed E-state index contributed by atoms with van der Waals surface area (Å²) in [6.07, 6.45) is 1.87. The van der Waals surface area contributed by atoms with Gasteiger partial charge in [0.15, 0.2) is 12.2 Å². The molecule has 1 aromatic heterocycles. The molecule has 0 aliphatic rings. The van der Waals surface area contributed by atoms with Gasteiger partial charge in [-0.2, -0.15) is 5.10 Å². The van der Waals surface area contributed by atoms with Crippen molar-refractivity contribution in [2.75, 3.05) is 20.8 Å². The Morgan fingerprint density at radius 3 is 1.53 bits per heavy atom. The number of ether oxygens (including phenoxy) is 5. The van der Waals surface area contributed by atoms with Gasteiger partial charge in [0.05, 0.1) is 27.0 Å². The first kappa shape index (κ1) is 34.6. The zero-order valence-electron chi connectivity index (χ0n) is 28.7. The molecule has 0 fully saturated rings. The van der Waals surface area contributed by atoms with Crippen molar-refractivity contribution < 1.29 is 23.7 Å². The van der Waals surface area contributed by atoms with Crippen LogP contribution in [0.3, 0.4) is 0 Å². The fourth-order valence-corrected chi connectivity index (χ4v) is 6.11. The summed E-state index contributed by atoms with van der Waals surface area (Å²) in [7, 11) is 5.04.